The highest BCUT2D eigenvalue weighted by molar-refractivity contribution is 7.91. The second-order valence-corrected chi connectivity index (χ2v) is 12.2. The van der Waals surface area contributed by atoms with E-state index in [1.165, 1.54) is 33.1 Å². The van der Waals surface area contributed by atoms with Gasteiger partial charge in [0.25, 0.3) is 0 Å². The van der Waals surface area contributed by atoms with Crippen LogP contribution < -0.4 is 9.03 Å². The summed E-state index contributed by atoms with van der Waals surface area (Å²) in [4.78, 5) is 25.4. The Hall–Kier alpha value is -3.66. The van der Waals surface area contributed by atoms with Crippen molar-refractivity contribution in [1.82, 2.24) is 14.5 Å². The zero-order valence-corrected chi connectivity index (χ0v) is 23.7. The third kappa shape index (κ3) is 6.55. The molecule has 10 heteroatoms. The van der Waals surface area contributed by atoms with Crippen molar-refractivity contribution in [3.63, 3.8) is 0 Å². The topological polar surface area (TPSA) is 111 Å². The van der Waals surface area contributed by atoms with Crippen LogP contribution in [0.4, 0.5) is 5.69 Å². The zero-order chi connectivity index (χ0) is 28.1. The van der Waals surface area contributed by atoms with Gasteiger partial charge in [-0.1, -0.05) is 36.4 Å². The molecule has 40 heavy (non-hydrogen) atoms. The van der Waals surface area contributed by atoms with E-state index in [1.807, 2.05) is 30.3 Å². The number of benzene rings is 2. The zero-order valence-electron chi connectivity index (χ0n) is 22.9. The molecule has 0 saturated heterocycles. The van der Waals surface area contributed by atoms with Crippen LogP contribution in [0, 0.1) is 0 Å². The lowest BCUT2D eigenvalue weighted by molar-refractivity contribution is -0.145. The van der Waals surface area contributed by atoms with Crippen molar-refractivity contribution in [2.45, 2.75) is 70.8 Å². The summed E-state index contributed by atoms with van der Waals surface area (Å²) in [6, 6.07) is 11.7. The van der Waals surface area contributed by atoms with Crippen LogP contribution in [0.3, 0.4) is 0 Å². The molecular formula is C30H36N4O5S. The number of nitrogens with one attached hydrogen (secondary N) is 1. The first-order valence-electron chi connectivity index (χ1n) is 14.0. The Balaban J connectivity index is 1.21. The minimum absolute atomic E-state index is 0.0544. The summed E-state index contributed by atoms with van der Waals surface area (Å²) in [5, 5.41) is 4.11. The van der Waals surface area contributed by atoms with Crippen molar-refractivity contribution < 1.29 is 22.7 Å². The molecule has 9 nitrogen and oxygen atoms in total. The molecule has 0 radical (unpaired) electrons. The molecular weight excluding hydrogens is 528 g/mol. The molecule has 2 aromatic carbocycles. The van der Waals surface area contributed by atoms with Crippen LogP contribution >= 0.6 is 0 Å². The number of aryl methyl sites for hydroxylation is 3. The highest BCUT2D eigenvalue weighted by Crippen LogP contribution is 2.35. The van der Waals surface area contributed by atoms with Gasteiger partial charge in [-0.3, -0.25) is 18.6 Å². The lowest BCUT2D eigenvalue weighted by atomic mass is 9.92. The Bertz CT molecular complexity index is 1450. The van der Waals surface area contributed by atoms with E-state index in [0.717, 1.165) is 54.0 Å². The molecule has 0 saturated carbocycles. The average Bonchev–Trinajstić information content (AvgIpc) is 3.68. The maximum absolute atomic E-state index is 13.5. The standard InChI is InChI=1S/C30H36N4O5S/c1-33-20-25(19-31-33)34(16-6-5-15-30(36)39-21-22-9-3-2-4-10-22)40(37,38)32-29(35)18-28-26-13-7-11-23(26)17-24-12-8-14-27(24)28/h2-4,9-10,17,19-20H,5-8,11-16,18,21H2,1H3,(H,32,35). The molecule has 5 rings (SSSR count). The first-order valence-corrected chi connectivity index (χ1v) is 15.4. The molecule has 2 aliphatic rings. The van der Waals surface area contributed by atoms with Crippen molar-refractivity contribution in [3.8, 4) is 0 Å². The van der Waals surface area contributed by atoms with Gasteiger partial charge in [0.05, 0.1) is 18.3 Å². The van der Waals surface area contributed by atoms with E-state index >= 15 is 0 Å². The number of unbranched alkanes of at least 4 members (excludes halogenated alkanes) is 1. The van der Waals surface area contributed by atoms with Crippen molar-refractivity contribution in [1.29, 1.82) is 0 Å². The van der Waals surface area contributed by atoms with Gasteiger partial charge in [-0.25, -0.2) is 4.72 Å². The Morgan fingerprint density at radius 2 is 1.73 bits per heavy atom. The maximum Gasteiger partial charge on any atom is 0.326 e. The Morgan fingerprint density at radius 3 is 2.38 bits per heavy atom. The molecule has 2 aliphatic carbocycles. The summed E-state index contributed by atoms with van der Waals surface area (Å²) in [5.74, 6) is -0.872. The average molecular weight is 565 g/mol. The fourth-order valence-electron chi connectivity index (χ4n) is 5.80. The van der Waals surface area contributed by atoms with E-state index in [-0.39, 0.29) is 32.0 Å². The summed E-state index contributed by atoms with van der Waals surface area (Å²) >= 11 is 0. The van der Waals surface area contributed by atoms with Crippen LogP contribution in [0.2, 0.25) is 0 Å². The van der Waals surface area contributed by atoms with Crippen LogP contribution in [0.15, 0.2) is 48.8 Å². The summed E-state index contributed by atoms with van der Waals surface area (Å²) in [5.41, 5.74) is 7.38. The van der Waals surface area contributed by atoms with E-state index < -0.39 is 16.1 Å². The number of hydrogen-bond acceptors (Lipinski definition) is 6. The number of fused-ring (bicyclic) bond motifs is 2. The van der Waals surface area contributed by atoms with Crippen LogP contribution in [0.1, 0.15) is 65.5 Å². The van der Waals surface area contributed by atoms with Crippen molar-refractivity contribution in [2.24, 2.45) is 7.05 Å². The van der Waals surface area contributed by atoms with Gasteiger partial charge in [-0.05, 0) is 84.7 Å². The number of anilines is 1. The molecule has 1 N–H and O–H groups in total. The number of hydrogen-bond donors (Lipinski definition) is 1. The highest BCUT2D eigenvalue weighted by atomic mass is 32.2. The van der Waals surface area contributed by atoms with Gasteiger partial charge >= 0.3 is 16.2 Å². The largest absolute Gasteiger partial charge is 0.461 e. The SMILES string of the molecule is Cn1cc(N(CCCCC(=O)OCc2ccccc2)S(=O)(=O)NC(=O)Cc2c3c(cc4c2CCC4)CCC3)cn1. The molecule has 3 aromatic rings. The number of nitrogens with zero attached hydrogens (tertiary/aromatic N) is 3. The fraction of sp³-hybridized carbons (Fsp3) is 0.433. The molecule has 0 unspecified atom stereocenters. The van der Waals surface area contributed by atoms with Gasteiger partial charge in [0.15, 0.2) is 0 Å². The number of amides is 1. The summed E-state index contributed by atoms with van der Waals surface area (Å²) < 4.78 is 37.2. The van der Waals surface area contributed by atoms with Crippen LogP contribution in [-0.2, 0) is 70.3 Å². The Labute approximate surface area is 235 Å². The number of carbonyl (C=O) groups excluding carboxylic acids is 2. The number of esters is 1. The number of rotatable bonds is 12. The number of carbonyl (C=O) groups is 2. The smallest absolute Gasteiger partial charge is 0.326 e. The first kappa shape index (κ1) is 27.9. The van der Waals surface area contributed by atoms with E-state index in [4.69, 9.17) is 4.74 Å². The normalized spacial score (nSPS) is 14.0. The molecule has 0 fully saturated rings. The lowest BCUT2D eigenvalue weighted by Crippen LogP contribution is -2.44. The van der Waals surface area contributed by atoms with E-state index in [9.17, 15) is 18.0 Å². The molecule has 212 valence electrons. The third-order valence-corrected chi connectivity index (χ3v) is 9.14. The Kier molecular flexibility index (Phi) is 8.54. The molecule has 1 heterocycles. The molecule has 1 amide bonds. The molecule has 1 aromatic heterocycles. The lowest BCUT2D eigenvalue weighted by Gasteiger charge is -2.23. The molecule has 0 atom stereocenters. The monoisotopic (exact) mass is 564 g/mol. The van der Waals surface area contributed by atoms with Crippen LogP contribution in [-0.4, -0.2) is 36.6 Å². The second-order valence-electron chi connectivity index (χ2n) is 10.6. The number of aromatic nitrogens is 2. The van der Waals surface area contributed by atoms with Gasteiger partial charge in [-0.2, -0.15) is 13.5 Å². The maximum atomic E-state index is 13.5. The van der Waals surface area contributed by atoms with E-state index in [0.29, 0.717) is 18.5 Å². The Morgan fingerprint density at radius 1 is 1.02 bits per heavy atom. The van der Waals surface area contributed by atoms with E-state index in [2.05, 4.69) is 15.9 Å². The minimum atomic E-state index is -4.19. The molecule has 0 aliphatic heterocycles. The van der Waals surface area contributed by atoms with Crippen molar-refractivity contribution in [2.75, 3.05) is 10.8 Å². The van der Waals surface area contributed by atoms with E-state index in [1.54, 1.807) is 13.2 Å². The molecule has 0 spiro atoms. The van der Waals surface area contributed by atoms with Gasteiger partial charge in [-0.15, -0.1) is 0 Å². The highest BCUT2D eigenvalue weighted by Gasteiger charge is 2.29. The summed E-state index contributed by atoms with van der Waals surface area (Å²) in [6.45, 7) is 0.298. The first-order chi connectivity index (χ1) is 19.3. The van der Waals surface area contributed by atoms with Gasteiger partial charge < -0.3 is 4.74 Å². The third-order valence-electron chi connectivity index (χ3n) is 7.68. The quantitative estimate of drug-likeness (QED) is 0.265. The number of ether oxygens (including phenoxy) is 1. The van der Waals surface area contributed by atoms with Crippen LogP contribution in [0.5, 0.6) is 0 Å². The van der Waals surface area contributed by atoms with Crippen molar-refractivity contribution >= 4 is 27.8 Å². The van der Waals surface area contributed by atoms with Gasteiger partial charge in [0.1, 0.15) is 6.61 Å². The van der Waals surface area contributed by atoms with Crippen molar-refractivity contribution in [3.05, 3.63) is 82.2 Å². The minimum Gasteiger partial charge on any atom is -0.461 e. The second kappa shape index (κ2) is 12.2. The van der Waals surface area contributed by atoms with Gasteiger partial charge in [0.2, 0.25) is 5.91 Å². The fourth-order valence-corrected chi connectivity index (χ4v) is 7.02. The van der Waals surface area contributed by atoms with Gasteiger partial charge in [0, 0.05) is 26.2 Å². The molecule has 0 bridgehead atoms. The predicted molar refractivity (Wildman–Crippen MR) is 152 cm³/mol. The predicted octanol–water partition coefficient (Wildman–Crippen LogP) is 3.72. The summed E-state index contributed by atoms with van der Waals surface area (Å²) in [7, 11) is -2.49. The summed E-state index contributed by atoms with van der Waals surface area (Å²) in [6.07, 6.45) is 10.2. The van der Waals surface area contributed by atoms with Crippen LogP contribution in [0.25, 0.3) is 0 Å².